The first-order valence-electron chi connectivity index (χ1n) is 5.88. The molecule has 1 nitrogen and oxygen atoms in total. The van der Waals surface area contributed by atoms with Gasteiger partial charge < -0.3 is 4.74 Å². The highest BCUT2D eigenvalue weighted by atomic mass is 16.5. The molecule has 1 saturated carbocycles. The fourth-order valence-corrected chi connectivity index (χ4v) is 3.42. The van der Waals surface area contributed by atoms with E-state index >= 15 is 0 Å². The van der Waals surface area contributed by atoms with Crippen LogP contribution in [0.15, 0.2) is 24.3 Å². The van der Waals surface area contributed by atoms with Gasteiger partial charge in [0.2, 0.25) is 0 Å². The molecule has 3 aliphatic carbocycles. The molecule has 0 heterocycles. The van der Waals surface area contributed by atoms with Gasteiger partial charge in [0, 0.05) is 12.5 Å². The van der Waals surface area contributed by atoms with Crippen LogP contribution < -0.4 is 0 Å². The molecule has 3 rings (SSSR count). The van der Waals surface area contributed by atoms with Crippen molar-refractivity contribution < 1.29 is 4.74 Å². The van der Waals surface area contributed by atoms with Crippen LogP contribution in [0.25, 0.3) is 0 Å². The molecule has 0 aromatic rings. The van der Waals surface area contributed by atoms with Gasteiger partial charge >= 0.3 is 0 Å². The van der Waals surface area contributed by atoms with Crippen molar-refractivity contribution in [3.05, 3.63) is 24.3 Å². The summed E-state index contributed by atoms with van der Waals surface area (Å²) in [5.74, 6) is 3.21. The minimum Gasteiger partial charge on any atom is -0.374 e. The van der Waals surface area contributed by atoms with Crippen LogP contribution in [0.1, 0.15) is 19.8 Å². The molecule has 0 aromatic heterocycles. The largest absolute Gasteiger partial charge is 0.374 e. The first-order valence-corrected chi connectivity index (χ1v) is 5.88. The second-order valence-corrected chi connectivity index (χ2v) is 4.82. The Bertz CT molecular complexity index is 279. The standard InChI is InChI=1S/C13H18O/c1-2-7-14-12-6-5-11-9-3-4-10(8-9)13(11)12/h3-6,9-13H,2,7-8H2,1H3/t9?,10?,11-,12+,13+/m0/s1. The normalized spacial score (nSPS) is 47.6. The molecule has 2 unspecified atom stereocenters. The zero-order chi connectivity index (χ0) is 9.54. The molecule has 3 aliphatic rings. The quantitative estimate of drug-likeness (QED) is 0.622. The molecule has 14 heavy (non-hydrogen) atoms. The molecule has 0 aromatic carbocycles. The van der Waals surface area contributed by atoms with Gasteiger partial charge in [0.25, 0.3) is 0 Å². The van der Waals surface area contributed by atoms with Gasteiger partial charge in [-0.2, -0.15) is 0 Å². The predicted octanol–water partition coefficient (Wildman–Crippen LogP) is 2.79. The molecular formula is C13H18O. The molecule has 76 valence electrons. The fourth-order valence-electron chi connectivity index (χ4n) is 3.42. The maximum Gasteiger partial charge on any atom is 0.0795 e. The van der Waals surface area contributed by atoms with E-state index in [0.29, 0.717) is 6.10 Å². The number of hydrogen-bond acceptors (Lipinski definition) is 1. The smallest absolute Gasteiger partial charge is 0.0795 e. The van der Waals surface area contributed by atoms with Gasteiger partial charge in [0.05, 0.1) is 6.10 Å². The van der Waals surface area contributed by atoms with Crippen LogP contribution in [0, 0.1) is 23.7 Å². The molecule has 0 spiro atoms. The van der Waals surface area contributed by atoms with Crippen molar-refractivity contribution in [2.45, 2.75) is 25.9 Å². The third kappa shape index (κ3) is 1.12. The number of fused-ring (bicyclic) bond motifs is 5. The van der Waals surface area contributed by atoms with Crippen LogP contribution in [0.2, 0.25) is 0 Å². The minimum atomic E-state index is 0.417. The highest BCUT2D eigenvalue weighted by Gasteiger charge is 2.49. The Morgan fingerprint density at radius 1 is 1.14 bits per heavy atom. The van der Waals surface area contributed by atoms with Crippen LogP contribution >= 0.6 is 0 Å². The van der Waals surface area contributed by atoms with E-state index < -0.39 is 0 Å². The summed E-state index contributed by atoms with van der Waals surface area (Å²) >= 11 is 0. The predicted molar refractivity (Wildman–Crippen MR) is 56.9 cm³/mol. The van der Waals surface area contributed by atoms with Gasteiger partial charge in [0.1, 0.15) is 0 Å². The van der Waals surface area contributed by atoms with Gasteiger partial charge in [-0.1, -0.05) is 31.2 Å². The molecule has 0 aliphatic heterocycles. The summed E-state index contributed by atoms with van der Waals surface area (Å²) in [5, 5.41) is 0. The highest BCUT2D eigenvalue weighted by Crippen LogP contribution is 2.53. The Kier molecular flexibility index (Phi) is 2.01. The van der Waals surface area contributed by atoms with Crippen molar-refractivity contribution >= 4 is 0 Å². The summed E-state index contributed by atoms with van der Waals surface area (Å²) in [6, 6.07) is 0. The van der Waals surface area contributed by atoms with E-state index in [1.54, 1.807) is 0 Å². The van der Waals surface area contributed by atoms with Crippen LogP contribution in [-0.2, 0) is 4.74 Å². The summed E-state index contributed by atoms with van der Waals surface area (Å²) in [6.45, 7) is 3.09. The van der Waals surface area contributed by atoms with Crippen molar-refractivity contribution in [2.75, 3.05) is 6.61 Å². The third-order valence-corrected chi connectivity index (χ3v) is 4.00. The lowest BCUT2D eigenvalue weighted by molar-refractivity contribution is 0.0357. The van der Waals surface area contributed by atoms with E-state index in [2.05, 4.69) is 31.2 Å². The second kappa shape index (κ2) is 3.23. The maximum absolute atomic E-state index is 5.90. The Balaban J connectivity index is 1.73. The van der Waals surface area contributed by atoms with Gasteiger partial charge in [-0.3, -0.25) is 0 Å². The lowest BCUT2D eigenvalue weighted by Crippen LogP contribution is -2.26. The molecule has 2 bridgehead atoms. The lowest BCUT2D eigenvalue weighted by Gasteiger charge is -2.26. The number of hydrogen-bond donors (Lipinski definition) is 0. The van der Waals surface area contributed by atoms with Gasteiger partial charge in [-0.15, -0.1) is 0 Å². The zero-order valence-corrected chi connectivity index (χ0v) is 8.73. The summed E-state index contributed by atoms with van der Waals surface area (Å²) in [5.41, 5.74) is 0. The zero-order valence-electron chi connectivity index (χ0n) is 8.73. The maximum atomic E-state index is 5.90. The van der Waals surface area contributed by atoms with Crippen molar-refractivity contribution in [3.63, 3.8) is 0 Å². The van der Waals surface area contributed by atoms with E-state index in [4.69, 9.17) is 4.74 Å². The van der Waals surface area contributed by atoms with E-state index in [1.807, 2.05) is 0 Å². The molecule has 0 amide bonds. The number of allylic oxidation sites excluding steroid dienone is 3. The van der Waals surface area contributed by atoms with E-state index in [0.717, 1.165) is 36.7 Å². The molecule has 0 radical (unpaired) electrons. The van der Waals surface area contributed by atoms with Crippen LogP contribution in [0.5, 0.6) is 0 Å². The summed E-state index contributed by atoms with van der Waals surface area (Å²) in [6.07, 6.45) is 12.5. The van der Waals surface area contributed by atoms with Gasteiger partial charge in [-0.25, -0.2) is 0 Å². The van der Waals surface area contributed by atoms with Gasteiger partial charge in [-0.05, 0) is 30.6 Å². The monoisotopic (exact) mass is 190 g/mol. The molecule has 5 atom stereocenters. The fraction of sp³-hybridized carbons (Fsp3) is 0.692. The molecule has 0 N–H and O–H groups in total. The van der Waals surface area contributed by atoms with E-state index in [1.165, 1.54) is 6.42 Å². The summed E-state index contributed by atoms with van der Waals surface area (Å²) in [7, 11) is 0. The van der Waals surface area contributed by atoms with Crippen molar-refractivity contribution in [1.29, 1.82) is 0 Å². The Morgan fingerprint density at radius 2 is 2.00 bits per heavy atom. The Morgan fingerprint density at radius 3 is 2.86 bits per heavy atom. The highest BCUT2D eigenvalue weighted by molar-refractivity contribution is 5.24. The van der Waals surface area contributed by atoms with Crippen molar-refractivity contribution in [2.24, 2.45) is 23.7 Å². The first-order chi connectivity index (χ1) is 6.90. The second-order valence-electron chi connectivity index (χ2n) is 4.82. The Hall–Kier alpha value is -0.560. The number of rotatable bonds is 3. The van der Waals surface area contributed by atoms with Crippen LogP contribution in [0.3, 0.4) is 0 Å². The van der Waals surface area contributed by atoms with E-state index in [9.17, 15) is 0 Å². The average Bonchev–Trinajstić information content (AvgIpc) is 2.87. The molecule has 1 heteroatoms. The van der Waals surface area contributed by atoms with E-state index in [-0.39, 0.29) is 0 Å². The Labute approximate surface area is 85.8 Å². The minimum absolute atomic E-state index is 0.417. The van der Waals surface area contributed by atoms with Crippen molar-refractivity contribution in [1.82, 2.24) is 0 Å². The van der Waals surface area contributed by atoms with Crippen molar-refractivity contribution in [3.8, 4) is 0 Å². The van der Waals surface area contributed by atoms with Crippen LogP contribution in [-0.4, -0.2) is 12.7 Å². The molecule has 0 saturated heterocycles. The lowest BCUT2D eigenvalue weighted by atomic mass is 9.84. The molecule has 1 fully saturated rings. The van der Waals surface area contributed by atoms with Crippen LogP contribution in [0.4, 0.5) is 0 Å². The number of ether oxygens (including phenoxy) is 1. The summed E-state index contributed by atoms with van der Waals surface area (Å²) < 4.78 is 5.90. The summed E-state index contributed by atoms with van der Waals surface area (Å²) in [4.78, 5) is 0. The third-order valence-electron chi connectivity index (χ3n) is 4.00. The SMILES string of the molecule is CCCO[C@@H]1C=C[C@H]2C3C=CC(C3)[C@@H]12. The first kappa shape index (κ1) is 8.72. The topological polar surface area (TPSA) is 9.23 Å². The average molecular weight is 190 g/mol. The van der Waals surface area contributed by atoms with Gasteiger partial charge in [0.15, 0.2) is 0 Å². The molecular weight excluding hydrogens is 172 g/mol.